The number of nitrogens with two attached hydrogens (primary N) is 1. The maximum atomic E-state index is 12.5. The van der Waals surface area contributed by atoms with Crippen LogP contribution in [-0.2, 0) is 6.54 Å². The molecule has 0 heterocycles. The molecule has 0 aromatic heterocycles. The maximum Gasteiger partial charge on any atom is 0.150 e. The van der Waals surface area contributed by atoms with Crippen molar-refractivity contribution in [1.82, 2.24) is 0 Å². The van der Waals surface area contributed by atoms with E-state index >= 15 is 0 Å². The third kappa shape index (κ3) is 1.28. The highest BCUT2D eigenvalue weighted by molar-refractivity contribution is 6.31. The van der Waals surface area contributed by atoms with Crippen molar-refractivity contribution in [3.05, 3.63) is 34.6 Å². The van der Waals surface area contributed by atoms with Crippen LogP contribution in [0.4, 0.5) is 4.39 Å². The van der Waals surface area contributed by atoms with Gasteiger partial charge in [0.05, 0.1) is 5.02 Å². The first-order valence-electron chi connectivity index (χ1n) is 2.80. The van der Waals surface area contributed by atoms with E-state index in [4.69, 9.17) is 17.3 Å². The summed E-state index contributed by atoms with van der Waals surface area (Å²) in [6.07, 6.45) is 0. The summed E-state index contributed by atoms with van der Waals surface area (Å²) < 4.78 is 12.5. The van der Waals surface area contributed by atoms with Gasteiger partial charge in [-0.05, 0) is 5.56 Å². The van der Waals surface area contributed by atoms with Gasteiger partial charge in [-0.25, -0.2) is 4.39 Å². The highest BCUT2D eigenvalue weighted by Crippen LogP contribution is 2.17. The average molecular weight is 159 g/mol. The molecule has 0 unspecified atom stereocenters. The van der Waals surface area contributed by atoms with Gasteiger partial charge in [0, 0.05) is 12.6 Å². The monoisotopic (exact) mass is 158 g/mol. The minimum atomic E-state index is -0.537. The Bertz CT molecular complexity index is 237. The Balaban J connectivity index is 3.14. The van der Waals surface area contributed by atoms with Crippen LogP contribution in [0.1, 0.15) is 5.56 Å². The molecule has 1 aromatic carbocycles. The van der Waals surface area contributed by atoms with Crippen molar-refractivity contribution >= 4 is 11.6 Å². The second kappa shape index (κ2) is 2.99. The van der Waals surface area contributed by atoms with Crippen LogP contribution in [0, 0.1) is 11.9 Å². The summed E-state index contributed by atoms with van der Waals surface area (Å²) >= 11 is 5.51. The van der Waals surface area contributed by atoms with E-state index in [-0.39, 0.29) is 11.6 Å². The third-order valence-corrected chi connectivity index (χ3v) is 1.60. The molecule has 0 aliphatic heterocycles. The minimum Gasteiger partial charge on any atom is -0.326 e. The SMILES string of the molecule is NCc1cc[c]c(F)c1Cl. The van der Waals surface area contributed by atoms with Crippen LogP contribution < -0.4 is 5.73 Å². The molecular formula is C7H6ClFN. The number of hydrogen-bond acceptors (Lipinski definition) is 1. The van der Waals surface area contributed by atoms with Crippen LogP contribution in [0.2, 0.25) is 5.02 Å². The lowest BCUT2D eigenvalue weighted by atomic mass is 10.2. The van der Waals surface area contributed by atoms with E-state index in [1.165, 1.54) is 6.07 Å². The van der Waals surface area contributed by atoms with E-state index in [2.05, 4.69) is 6.07 Å². The molecule has 10 heavy (non-hydrogen) atoms. The predicted molar refractivity (Wildman–Crippen MR) is 38.1 cm³/mol. The van der Waals surface area contributed by atoms with Crippen LogP contribution in [0.15, 0.2) is 12.1 Å². The fourth-order valence-electron chi connectivity index (χ4n) is 0.651. The first-order chi connectivity index (χ1) is 4.75. The number of halogens is 2. The summed E-state index contributed by atoms with van der Waals surface area (Å²) in [4.78, 5) is 0. The van der Waals surface area contributed by atoms with E-state index in [0.717, 1.165) is 0 Å². The van der Waals surface area contributed by atoms with Gasteiger partial charge in [-0.3, -0.25) is 0 Å². The summed E-state index contributed by atoms with van der Waals surface area (Å²) in [5.41, 5.74) is 5.86. The quantitative estimate of drug-likeness (QED) is 0.662. The lowest BCUT2D eigenvalue weighted by Crippen LogP contribution is -1.97. The molecule has 1 nitrogen and oxygen atoms in total. The standard InChI is InChI=1S/C7H6ClFN/c8-7-5(4-10)2-1-3-6(7)9/h1-2H,4,10H2. The lowest BCUT2D eigenvalue weighted by molar-refractivity contribution is 0.623. The van der Waals surface area contributed by atoms with E-state index in [9.17, 15) is 4.39 Å². The van der Waals surface area contributed by atoms with E-state index in [1.54, 1.807) is 6.07 Å². The Morgan fingerprint density at radius 3 is 2.90 bits per heavy atom. The molecule has 0 spiro atoms. The van der Waals surface area contributed by atoms with Crippen LogP contribution in [0.25, 0.3) is 0 Å². The lowest BCUT2D eigenvalue weighted by Gasteiger charge is -1.98. The Hall–Kier alpha value is -0.600. The van der Waals surface area contributed by atoms with Crippen molar-refractivity contribution in [2.24, 2.45) is 5.73 Å². The van der Waals surface area contributed by atoms with Crippen molar-refractivity contribution < 1.29 is 4.39 Å². The second-order valence-corrected chi connectivity index (χ2v) is 2.21. The van der Waals surface area contributed by atoms with Crippen molar-refractivity contribution in [2.45, 2.75) is 6.54 Å². The van der Waals surface area contributed by atoms with Crippen LogP contribution in [-0.4, -0.2) is 0 Å². The first-order valence-corrected chi connectivity index (χ1v) is 3.18. The topological polar surface area (TPSA) is 26.0 Å². The Kier molecular flexibility index (Phi) is 2.25. The predicted octanol–water partition coefficient (Wildman–Crippen LogP) is 1.74. The summed E-state index contributed by atoms with van der Waals surface area (Å²) in [7, 11) is 0. The molecule has 0 atom stereocenters. The van der Waals surface area contributed by atoms with Gasteiger partial charge >= 0.3 is 0 Å². The average Bonchev–Trinajstić information content (AvgIpc) is 1.95. The summed E-state index contributed by atoms with van der Waals surface area (Å²) in [6, 6.07) is 5.43. The van der Waals surface area contributed by atoms with Crippen molar-refractivity contribution in [1.29, 1.82) is 0 Å². The fraction of sp³-hybridized carbons (Fsp3) is 0.143. The number of benzene rings is 1. The Labute approximate surface area is 63.6 Å². The summed E-state index contributed by atoms with van der Waals surface area (Å²) in [6.45, 7) is 0.254. The van der Waals surface area contributed by atoms with Gasteiger partial charge < -0.3 is 5.73 Å². The van der Waals surface area contributed by atoms with Gasteiger partial charge in [0.15, 0.2) is 0 Å². The molecule has 3 heteroatoms. The van der Waals surface area contributed by atoms with Gasteiger partial charge in [-0.15, -0.1) is 0 Å². The Morgan fingerprint density at radius 2 is 2.40 bits per heavy atom. The van der Waals surface area contributed by atoms with Crippen molar-refractivity contribution in [3.8, 4) is 0 Å². The molecular weight excluding hydrogens is 153 g/mol. The molecule has 53 valence electrons. The van der Waals surface area contributed by atoms with E-state index < -0.39 is 5.82 Å². The molecule has 1 rings (SSSR count). The van der Waals surface area contributed by atoms with Gasteiger partial charge in [0.1, 0.15) is 5.82 Å². The van der Waals surface area contributed by atoms with Crippen LogP contribution in [0.5, 0.6) is 0 Å². The molecule has 0 aliphatic carbocycles. The minimum absolute atomic E-state index is 0.0741. The van der Waals surface area contributed by atoms with Crippen LogP contribution >= 0.6 is 11.6 Å². The highest BCUT2D eigenvalue weighted by Gasteiger charge is 2.02. The summed E-state index contributed by atoms with van der Waals surface area (Å²) in [5.74, 6) is -0.537. The molecule has 1 radical (unpaired) electrons. The third-order valence-electron chi connectivity index (χ3n) is 1.19. The van der Waals surface area contributed by atoms with Gasteiger partial charge in [-0.1, -0.05) is 23.7 Å². The largest absolute Gasteiger partial charge is 0.326 e. The highest BCUT2D eigenvalue weighted by atomic mass is 35.5. The molecule has 0 saturated heterocycles. The first kappa shape index (κ1) is 7.51. The fourth-order valence-corrected chi connectivity index (χ4v) is 0.845. The summed E-state index contributed by atoms with van der Waals surface area (Å²) in [5, 5.41) is 0.0741. The molecule has 0 amide bonds. The van der Waals surface area contributed by atoms with E-state index in [0.29, 0.717) is 5.56 Å². The molecule has 0 saturated carbocycles. The zero-order valence-electron chi connectivity index (χ0n) is 5.20. The van der Waals surface area contributed by atoms with E-state index in [1.807, 2.05) is 0 Å². The van der Waals surface area contributed by atoms with Gasteiger partial charge in [-0.2, -0.15) is 0 Å². The molecule has 0 bridgehead atoms. The second-order valence-electron chi connectivity index (χ2n) is 1.83. The Morgan fingerprint density at radius 1 is 1.70 bits per heavy atom. The molecule has 2 N–H and O–H groups in total. The molecule has 1 aromatic rings. The zero-order valence-corrected chi connectivity index (χ0v) is 5.95. The zero-order chi connectivity index (χ0) is 7.56. The normalized spacial score (nSPS) is 9.90. The van der Waals surface area contributed by atoms with Gasteiger partial charge in [0.25, 0.3) is 0 Å². The van der Waals surface area contributed by atoms with Gasteiger partial charge in [0.2, 0.25) is 0 Å². The van der Waals surface area contributed by atoms with Crippen molar-refractivity contribution in [2.75, 3.05) is 0 Å². The molecule has 0 aliphatic rings. The molecule has 0 fully saturated rings. The smallest absolute Gasteiger partial charge is 0.150 e. The van der Waals surface area contributed by atoms with Crippen LogP contribution in [0.3, 0.4) is 0 Å². The maximum absolute atomic E-state index is 12.5. The number of rotatable bonds is 1. The number of hydrogen-bond donors (Lipinski definition) is 1. The van der Waals surface area contributed by atoms with Crippen molar-refractivity contribution in [3.63, 3.8) is 0 Å².